The highest BCUT2D eigenvalue weighted by atomic mass is 16.7. The van der Waals surface area contributed by atoms with Crippen molar-refractivity contribution >= 4 is 6.16 Å². The van der Waals surface area contributed by atoms with E-state index < -0.39 is 6.16 Å². The lowest BCUT2D eigenvalue weighted by molar-refractivity contribution is 0.101. The summed E-state index contributed by atoms with van der Waals surface area (Å²) in [5.74, 6) is 0. The molecule has 0 saturated heterocycles. The van der Waals surface area contributed by atoms with Crippen LogP contribution >= 0.6 is 0 Å². The van der Waals surface area contributed by atoms with Crippen molar-refractivity contribution in [3.8, 4) is 0 Å². The Hall–Kier alpha value is -0.990. The molecule has 0 N–H and O–H groups in total. The topological polar surface area (TPSA) is 46.2 Å². The van der Waals surface area contributed by atoms with Crippen molar-refractivity contribution in [3.63, 3.8) is 0 Å². The van der Waals surface area contributed by atoms with Crippen molar-refractivity contribution in [3.05, 3.63) is 12.3 Å². The van der Waals surface area contributed by atoms with Crippen LogP contribution in [-0.4, -0.2) is 6.16 Å². The van der Waals surface area contributed by atoms with Crippen molar-refractivity contribution in [1.29, 1.82) is 0 Å². The maximum Gasteiger partial charge on any atom is 0.555 e. The largest absolute Gasteiger partial charge is 0.555 e. The summed E-state index contributed by atoms with van der Waals surface area (Å²) in [5.41, 5.74) is 0. The number of hydrogen-bond acceptors (Lipinski definition) is 2. The second kappa shape index (κ2) is 3.21. The summed E-state index contributed by atoms with van der Waals surface area (Å²) in [6.07, 6.45) is 0.962. The quantitative estimate of drug-likeness (QED) is 0.366. The Morgan fingerprint density at radius 1 is 1.71 bits per heavy atom. The normalized spacial score (nSPS) is 9.29. The molecular weight excluding hydrogens is 96.0 g/mol. The SMILES string of the molecule is C/C=C\OC([O])=O. The Morgan fingerprint density at radius 2 is 2.29 bits per heavy atom. The Morgan fingerprint density at radius 3 is 2.43 bits per heavy atom. The Labute approximate surface area is 41.2 Å². The molecule has 0 atom stereocenters. The third-order valence-electron chi connectivity index (χ3n) is 0.300. The summed E-state index contributed by atoms with van der Waals surface area (Å²) in [6.45, 7) is 1.64. The monoisotopic (exact) mass is 101 g/mol. The average Bonchev–Trinajstić information content (AvgIpc) is 1.61. The van der Waals surface area contributed by atoms with Gasteiger partial charge in [-0.05, 0) is 6.92 Å². The van der Waals surface area contributed by atoms with E-state index in [9.17, 15) is 9.90 Å². The first-order valence-corrected chi connectivity index (χ1v) is 1.76. The molecule has 0 amide bonds. The lowest BCUT2D eigenvalue weighted by atomic mass is 10.7. The second-order valence-corrected chi connectivity index (χ2v) is 0.837. The molecule has 0 fully saturated rings. The first-order valence-electron chi connectivity index (χ1n) is 1.76. The van der Waals surface area contributed by atoms with E-state index >= 15 is 0 Å². The molecule has 1 radical (unpaired) electrons. The molecule has 0 rings (SSSR count). The fraction of sp³-hybridized carbons (Fsp3) is 0.250. The number of ether oxygens (including phenoxy) is 1. The Kier molecular flexibility index (Phi) is 2.76. The van der Waals surface area contributed by atoms with Crippen LogP contribution in [0.25, 0.3) is 0 Å². The third kappa shape index (κ3) is 5.01. The van der Waals surface area contributed by atoms with E-state index in [0.29, 0.717) is 0 Å². The standard InChI is InChI=1S/C4H5O3/c1-2-3-7-4(5)6/h2-3H,1H3/b3-2-. The number of carbonyl (C=O) groups is 1. The molecule has 0 aromatic heterocycles. The highest BCUT2D eigenvalue weighted by Gasteiger charge is 1.90. The van der Waals surface area contributed by atoms with Crippen LogP contribution in [0.3, 0.4) is 0 Å². The number of allylic oxidation sites excluding steroid dienone is 1. The van der Waals surface area contributed by atoms with Crippen molar-refractivity contribution in [2.75, 3.05) is 0 Å². The maximum absolute atomic E-state index is 9.37. The molecule has 0 bridgehead atoms. The van der Waals surface area contributed by atoms with Gasteiger partial charge < -0.3 is 4.74 Å². The van der Waals surface area contributed by atoms with E-state index in [-0.39, 0.29) is 0 Å². The fourth-order valence-corrected chi connectivity index (χ4v) is 0.124. The van der Waals surface area contributed by atoms with Gasteiger partial charge in [0.1, 0.15) is 0 Å². The van der Waals surface area contributed by atoms with Crippen LogP contribution in [0.15, 0.2) is 12.3 Å². The molecule has 0 aliphatic rings. The first kappa shape index (κ1) is 6.01. The van der Waals surface area contributed by atoms with E-state index in [4.69, 9.17) is 0 Å². The van der Waals surface area contributed by atoms with Gasteiger partial charge >= 0.3 is 6.16 Å². The predicted octanol–water partition coefficient (Wildman–Crippen LogP) is 1.09. The van der Waals surface area contributed by atoms with Crippen molar-refractivity contribution in [1.82, 2.24) is 0 Å². The van der Waals surface area contributed by atoms with Crippen molar-refractivity contribution in [2.45, 2.75) is 6.92 Å². The van der Waals surface area contributed by atoms with Crippen LogP contribution in [0.4, 0.5) is 4.79 Å². The van der Waals surface area contributed by atoms with Gasteiger partial charge in [0.05, 0.1) is 6.26 Å². The second-order valence-electron chi connectivity index (χ2n) is 0.837. The van der Waals surface area contributed by atoms with Crippen LogP contribution in [0.5, 0.6) is 0 Å². The van der Waals surface area contributed by atoms with Gasteiger partial charge in [0.15, 0.2) is 0 Å². The lowest BCUT2D eigenvalue weighted by Gasteiger charge is -1.79. The Balaban J connectivity index is 3.14. The van der Waals surface area contributed by atoms with Gasteiger partial charge in [0.25, 0.3) is 0 Å². The molecule has 0 unspecified atom stereocenters. The zero-order valence-corrected chi connectivity index (χ0v) is 3.88. The summed E-state index contributed by atoms with van der Waals surface area (Å²) in [4.78, 5) is 9.37. The van der Waals surface area contributed by atoms with Crippen LogP contribution in [0.1, 0.15) is 6.92 Å². The first-order chi connectivity index (χ1) is 3.27. The molecule has 0 aliphatic heterocycles. The molecule has 0 aliphatic carbocycles. The van der Waals surface area contributed by atoms with E-state index in [1.54, 1.807) is 6.92 Å². The van der Waals surface area contributed by atoms with Crippen molar-refractivity contribution < 1.29 is 14.6 Å². The van der Waals surface area contributed by atoms with E-state index in [1.165, 1.54) is 6.08 Å². The summed E-state index contributed by atoms with van der Waals surface area (Å²) < 4.78 is 3.82. The van der Waals surface area contributed by atoms with Crippen LogP contribution < -0.4 is 0 Å². The molecule has 0 heterocycles. The fourth-order valence-electron chi connectivity index (χ4n) is 0.124. The molecule has 3 heteroatoms. The summed E-state index contributed by atoms with van der Waals surface area (Å²) in [7, 11) is 0. The predicted molar refractivity (Wildman–Crippen MR) is 22.0 cm³/mol. The number of rotatable bonds is 1. The van der Waals surface area contributed by atoms with Gasteiger partial charge in [0.2, 0.25) is 0 Å². The molecular formula is C4H5O3. The molecule has 0 saturated carbocycles. The van der Waals surface area contributed by atoms with Gasteiger partial charge in [-0.15, -0.1) is 0 Å². The van der Waals surface area contributed by atoms with E-state index in [0.717, 1.165) is 6.26 Å². The molecule has 7 heavy (non-hydrogen) atoms. The highest BCUT2D eigenvalue weighted by Crippen LogP contribution is 1.76. The van der Waals surface area contributed by atoms with E-state index in [1.807, 2.05) is 0 Å². The minimum absolute atomic E-state index is 1.04. The zero-order chi connectivity index (χ0) is 5.70. The number of hydrogen-bond donors (Lipinski definition) is 0. The minimum Gasteiger partial charge on any atom is -0.401 e. The molecule has 0 aromatic rings. The number of carbonyl (C=O) groups excluding carboxylic acids is 1. The van der Waals surface area contributed by atoms with E-state index in [2.05, 4.69) is 4.74 Å². The molecule has 3 nitrogen and oxygen atoms in total. The summed E-state index contributed by atoms with van der Waals surface area (Å²) >= 11 is 0. The third-order valence-corrected chi connectivity index (χ3v) is 0.300. The Bertz CT molecular complexity index is 84.9. The van der Waals surface area contributed by atoms with Crippen LogP contribution in [0.2, 0.25) is 0 Å². The minimum atomic E-state index is -1.53. The lowest BCUT2D eigenvalue weighted by Crippen LogP contribution is -1.88. The van der Waals surface area contributed by atoms with Crippen molar-refractivity contribution in [2.24, 2.45) is 0 Å². The van der Waals surface area contributed by atoms with Gasteiger partial charge in [-0.3, -0.25) is 0 Å². The van der Waals surface area contributed by atoms with Gasteiger partial charge in [-0.1, -0.05) is 6.08 Å². The van der Waals surface area contributed by atoms with Gasteiger partial charge in [0, 0.05) is 0 Å². The molecule has 0 spiro atoms. The molecule has 0 aromatic carbocycles. The summed E-state index contributed by atoms with van der Waals surface area (Å²) in [5, 5.41) is 9.37. The van der Waals surface area contributed by atoms with Crippen LogP contribution in [-0.2, 0) is 9.84 Å². The maximum atomic E-state index is 9.37. The van der Waals surface area contributed by atoms with Gasteiger partial charge in [-0.25, -0.2) is 0 Å². The van der Waals surface area contributed by atoms with Gasteiger partial charge in [-0.2, -0.15) is 9.90 Å². The smallest absolute Gasteiger partial charge is 0.401 e. The summed E-state index contributed by atoms with van der Waals surface area (Å²) in [6, 6.07) is 0. The zero-order valence-electron chi connectivity index (χ0n) is 3.88. The average molecular weight is 101 g/mol. The molecule has 39 valence electrons. The van der Waals surface area contributed by atoms with Crippen LogP contribution in [0, 0.1) is 0 Å². The highest BCUT2D eigenvalue weighted by molar-refractivity contribution is 5.57.